The van der Waals surface area contributed by atoms with Crippen molar-refractivity contribution < 1.29 is 39.8 Å². The average molecular weight is 394 g/mol. The van der Waals surface area contributed by atoms with Crippen LogP contribution in [0.25, 0.3) is 0 Å². The van der Waals surface area contributed by atoms with Gasteiger partial charge in [0, 0.05) is 12.8 Å². The second kappa shape index (κ2) is 14.1. The maximum Gasteiger partial charge on any atom is 0.186 e. The van der Waals surface area contributed by atoms with Gasteiger partial charge < -0.3 is 35.0 Å². The van der Waals surface area contributed by atoms with Crippen LogP contribution in [0.3, 0.4) is 0 Å². The highest BCUT2D eigenvalue weighted by Gasteiger charge is 2.43. The maximum absolute atomic E-state index is 11.8. The zero-order valence-electron chi connectivity index (χ0n) is 15.4. The van der Waals surface area contributed by atoms with E-state index >= 15 is 0 Å². The van der Waals surface area contributed by atoms with E-state index < -0.39 is 37.3 Å². The number of rotatable bonds is 9. The molecule has 0 bridgehead atoms. The van der Waals surface area contributed by atoms with Crippen LogP contribution in [0.15, 0.2) is 24.3 Å². The van der Waals surface area contributed by atoms with Gasteiger partial charge >= 0.3 is 0 Å². The number of Topliss-reactive ketones (excluding diaryl/α,β-unsaturated/α-hetero) is 1. The van der Waals surface area contributed by atoms with Crippen LogP contribution >= 0.6 is 0 Å². The molecule has 28 heavy (non-hydrogen) atoms. The molecule has 1 rings (SSSR count). The van der Waals surface area contributed by atoms with E-state index in [0.29, 0.717) is 12.8 Å². The Morgan fingerprint density at radius 2 is 1.64 bits per heavy atom. The third-order valence-corrected chi connectivity index (χ3v) is 3.82. The normalized spacial score (nSPS) is 27.2. The third kappa shape index (κ3) is 8.79. The van der Waals surface area contributed by atoms with Crippen LogP contribution in [0.2, 0.25) is 0 Å². The minimum atomic E-state index is -1.51. The van der Waals surface area contributed by atoms with Crippen LogP contribution in [-0.2, 0) is 14.3 Å². The Kier molecular flexibility index (Phi) is 12.1. The lowest BCUT2D eigenvalue weighted by Gasteiger charge is -2.39. The van der Waals surface area contributed by atoms with Gasteiger partial charge in [0.1, 0.15) is 30.2 Å². The predicted octanol–water partition coefficient (Wildman–Crippen LogP) is -1.35. The number of ether oxygens (including phenoxy) is 2. The monoisotopic (exact) mass is 394 g/mol. The van der Waals surface area contributed by atoms with Crippen molar-refractivity contribution in [2.24, 2.45) is 0 Å². The van der Waals surface area contributed by atoms with Gasteiger partial charge in [-0.2, -0.15) is 0 Å². The van der Waals surface area contributed by atoms with Gasteiger partial charge in [-0.15, -0.1) is 0 Å². The van der Waals surface area contributed by atoms with E-state index in [0.717, 1.165) is 0 Å². The topological polar surface area (TPSA) is 137 Å². The molecule has 0 spiro atoms. The van der Waals surface area contributed by atoms with E-state index in [1.165, 1.54) is 12.2 Å². The molecular formula is C20H26O8. The molecule has 8 nitrogen and oxygen atoms in total. The van der Waals surface area contributed by atoms with E-state index in [9.17, 15) is 20.1 Å². The molecule has 1 heterocycles. The molecule has 0 amide bonds. The van der Waals surface area contributed by atoms with E-state index in [1.807, 2.05) is 0 Å². The SMILES string of the molecule is O=C(CC/C=C/C#CC#C/C=C/CO)CCO[C@@H]1O[C@H](CO)[C@@H](O)[C@H](O)[C@H]1O. The number of ketones is 1. The fraction of sp³-hybridized carbons (Fsp3) is 0.550. The van der Waals surface area contributed by atoms with Crippen LogP contribution in [-0.4, -0.2) is 81.8 Å². The van der Waals surface area contributed by atoms with Crippen molar-refractivity contribution in [2.75, 3.05) is 19.8 Å². The van der Waals surface area contributed by atoms with Crippen LogP contribution in [0.5, 0.6) is 0 Å². The Balaban J connectivity index is 2.24. The Morgan fingerprint density at radius 3 is 2.29 bits per heavy atom. The average Bonchev–Trinajstić information content (AvgIpc) is 2.69. The second-order valence-electron chi connectivity index (χ2n) is 5.92. The molecule has 5 atom stereocenters. The van der Waals surface area contributed by atoms with Crippen molar-refractivity contribution in [1.82, 2.24) is 0 Å². The van der Waals surface area contributed by atoms with E-state index in [1.54, 1.807) is 12.2 Å². The third-order valence-electron chi connectivity index (χ3n) is 3.82. The molecule has 1 fully saturated rings. The van der Waals surface area contributed by atoms with Gasteiger partial charge in [0.25, 0.3) is 0 Å². The summed E-state index contributed by atoms with van der Waals surface area (Å²) in [5.74, 6) is 10.4. The van der Waals surface area contributed by atoms with Gasteiger partial charge in [0.05, 0.1) is 19.8 Å². The number of hydrogen-bond acceptors (Lipinski definition) is 8. The summed E-state index contributed by atoms with van der Waals surface area (Å²) in [4.78, 5) is 11.8. The lowest BCUT2D eigenvalue weighted by Crippen LogP contribution is -2.59. The van der Waals surface area contributed by atoms with Crippen molar-refractivity contribution in [3.8, 4) is 23.7 Å². The smallest absolute Gasteiger partial charge is 0.186 e. The number of carbonyl (C=O) groups excluding carboxylic acids is 1. The molecule has 0 unspecified atom stereocenters. The van der Waals surface area contributed by atoms with Crippen molar-refractivity contribution in [3.63, 3.8) is 0 Å². The fourth-order valence-electron chi connectivity index (χ4n) is 2.27. The molecule has 0 radical (unpaired) electrons. The quantitative estimate of drug-likeness (QED) is 0.303. The summed E-state index contributed by atoms with van der Waals surface area (Å²) in [7, 11) is 0. The molecule has 8 heteroatoms. The highest BCUT2D eigenvalue weighted by molar-refractivity contribution is 5.78. The standard InChI is InChI=1S/C20H26O8/c21-12-9-7-5-3-1-2-4-6-8-10-15(23)11-13-27-20-19(26)18(25)17(24)16(14-22)28-20/h4,6-7,9,16-22,24-26H,8,10-14H2/b6-4+,9-7+/t16-,17-,18+,19-,20-/m1/s1. The van der Waals surface area contributed by atoms with Crippen LogP contribution < -0.4 is 0 Å². The van der Waals surface area contributed by atoms with Gasteiger partial charge in [-0.3, -0.25) is 4.79 Å². The Morgan fingerprint density at radius 1 is 0.964 bits per heavy atom. The lowest BCUT2D eigenvalue weighted by molar-refractivity contribution is -0.300. The molecule has 1 aliphatic heterocycles. The first-order valence-corrected chi connectivity index (χ1v) is 8.87. The lowest BCUT2D eigenvalue weighted by atomic mass is 9.99. The minimum Gasteiger partial charge on any atom is -0.394 e. The number of hydrogen-bond donors (Lipinski definition) is 5. The summed E-state index contributed by atoms with van der Waals surface area (Å²) < 4.78 is 10.4. The minimum absolute atomic E-state index is 0.0258. The molecule has 0 saturated carbocycles. The predicted molar refractivity (Wildman–Crippen MR) is 99.5 cm³/mol. The summed E-state index contributed by atoms with van der Waals surface area (Å²) in [5.41, 5.74) is 0. The van der Waals surface area contributed by atoms with Gasteiger partial charge in [-0.1, -0.05) is 24.0 Å². The highest BCUT2D eigenvalue weighted by Crippen LogP contribution is 2.22. The summed E-state index contributed by atoms with van der Waals surface area (Å²) in [5, 5.41) is 46.7. The summed E-state index contributed by atoms with van der Waals surface area (Å²) >= 11 is 0. The molecule has 154 valence electrons. The van der Waals surface area contributed by atoms with Gasteiger partial charge in [-0.05, 0) is 30.4 Å². The van der Waals surface area contributed by atoms with Crippen molar-refractivity contribution >= 4 is 5.78 Å². The Labute approximate surface area is 164 Å². The van der Waals surface area contributed by atoms with Gasteiger partial charge in [0.2, 0.25) is 0 Å². The zero-order chi connectivity index (χ0) is 20.8. The fourth-order valence-corrected chi connectivity index (χ4v) is 2.27. The molecule has 0 aromatic carbocycles. The highest BCUT2D eigenvalue weighted by atomic mass is 16.7. The van der Waals surface area contributed by atoms with Gasteiger partial charge in [-0.25, -0.2) is 0 Å². The molecule has 0 aliphatic carbocycles. The number of aliphatic hydroxyl groups is 5. The summed E-state index contributed by atoms with van der Waals surface area (Å²) in [6, 6.07) is 0. The first-order chi connectivity index (χ1) is 13.5. The molecule has 1 aliphatic rings. The van der Waals surface area contributed by atoms with Crippen LogP contribution in [0.4, 0.5) is 0 Å². The maximum atomic E-state index is 11.8. The zero-order valence-corrected chi connectivity index (χ0v) is 15.4. The van der Waals surface area contributed by atoms with Crippen molar-refractivity contribution in [2.45, 2.75) is 50.0 Å². The van der Waals surface area contributed by atoms with Crippen LogP contribution in [0, 0.1) is 23.7 Å². The van der Waals surface area contributed by atoms with Crippen molar-refractivity contribution in [3.05, 3.63) is 24.3 Å². The number of allylic oxidation sites excluding steroid dienone is 3. The second-order valence-corrected chi connectivity index (χ2v) is 5.92. The Bertz CT molecular complexity index is 647. The molecule has 0 aromatic rings. The summed E-state index contributed by atoms with van der Waals surface area (Å²) in [6.07, 6.45) is 0.540. The number of carbonyl (C=O) groups is 1. The first-order valence-electron chi connectivity index (χ1n) is 8.87. The largest absolute Gasteiger partial charge is 0.394 e. The number of aliphatic hydroxyl groups excluding tert-OH is 5. The first kappa shape index (κ1) is 24.0. The van der Waals surface area contributed by atoms with E-state index in [-0.39, 0.29) is 25.4 Å². The molecule has 5 N–H and O–H groups in total. The Hall–Kier alpha value is -2.01. The van der Waals surface area contributed by atoms with E-state index in [4.69, 9.17) is 19.7 Å². The molecule has 0 aromatic heterocycles. The van der Waals surface area contributed by atoms with Crippen molar-refractivity contribution in [1.29, 1.82) is 0 Å². The molecule has 1 saturated heterocycles. The summed E-state index contributed by atoms with van der Waals surface area (Å²) in [6.45, 7) is -0.629. The van der Waals surface area contributed by atoms with E-state index in [2.05, 4.69) is 23.7 Å². The van der Waals surface area contributed by atoms with Gasteiger partial charge in [0.15, 0.2) is 6.29 Å². The molecular weight excluding hydrogens is 368 g/mol. The van der Waals surface area contributed by atoms with Crippen LogP contribution in [0.1, 0.15) is 19.3 Å².